The summed E-state index contributed by atoms with van der Waals surface area (Å²) >= 11 is 0. The molecule has 1 unspecified atom stereocenters. The Morgan fingerprint density at radius 3 is 2.54 bits per heavy atom. The average molecular weight is 392 g/mol. The summed E-state index contributed by atoms with van der Waals surface area (Å²) in [6.07, 6.45) is 1.77. The highest BCUT2D eigenvalue weighted by Crippen LogP contribution is 2.34. The molecule has 0 saturated carbocycles. The number of hydrogen-bond acceptors (Lipinski definition) is 4. The van der Waals surface area contributed by atoms with E-state index in [-0.39, 0.29) is 17.7 Å². The van der Waals surface area contributed by atoms with Crippen LogP contribution in [0.5, 0.6) is 11.5 Å². The maximum atomic E-state index is 12.2. The van der Waals surface area contributed by atoms with Crippen LogP contribution in [0.3, 0.4) is 0 Å². The van der Waals surface area contributed by atoms with Crippen molar-refractivity contribution in [2.75, 3.05) is 19.7 Å². The lowest BCUT2D eigenvalue weighted by molar-refractivity contribution is -0.118. The minimum Gasteiger partial charge on any atom is -0.508 e. The van der Waals surface area contributed by atoms with Crippen molar-refractivity contribution in [1.82, 2.24) is 10.6 Å². The summed E-state index contributed by atoms with van der Waals surface area (Å²) in [6, 6.07) is 8.81. The van der Waals surface area contributed by atoms with Crippen molar-refractivity contribution < 1.29 is 23.4 Å². The Labute approximate surface area is 163 Å². The number of hydrogen-bond donors (Lipinski definition) is 3. The molecular formula is C21H26F2N2O3. The predicted octanol–water partition coefficient (Wildman–Crippen LogP) is 3.60. The highest BCUT2D eigenvalue weighted by Gasteiger charge is 2.21. The fraction of sp³-hybridized carbons (Fsp3) is 0.381. The van der Waals surface area contributed by atoms with E-state index in [2.05, 4.69) is 10.6 Å². The number of carbonyl (C=O) groups is 1. The molecule has 5 nitrogen and oxygen atoms in total. The number of amides is 1. The van der Waals surface area contributed by atoms with Crippen LogP contribution in [0.4, 0.5) is 8.78 Å². The van der Waals surface area contributed by atoms with Gasteiger partial charge in [0.05, 0.1) is 6.61 Å². The number of rotatable bonds is 5. The molecule has 2 aromatic rings. The number of phenols is 1. The Balaban J connectivity index is 0.000000261. The molecule has 1 atom stereocenters. The van der Waals surface area contributed by atoms with Gasteiger partial charge in [0, 0.05) is 37.6 Å². The van der Waals surface area contributed by atoms with Crippen LogP contribution >= 0.6 is 0 Å². The first-order valence-corrected chi connectivity index (χ1v) is 9.21. The molecule has 1 aliphatic heterocycles. The average Bonchev–Trinajstić information content (AvgIpc) is 2.60. The molecule has 0 fully saturated rings. The standard InChI is InChI=1S/C14H20N2O3.C7H6F2/c1-10(17)15-6-2-7-16-13-5-8-19-14-4-3-11(18)9-12(13)14;1-5-2-6(8)4-7(9)3-5/h3-4,9,13,16,18H,2,5-8H2,1H3,(H,15,17);2-4H,1H3. The molecule has 7 heteroatoms. The maximum absolute atomic E-state index is 12.2. The number of carbonyl (C=O) groups excluding carboxylic acids is 1. The summed E-state index contributed by atoms with van der Waals surface area (Å²) in [4.78, 5) is 10.7. The van der Waals surface area contributed by atoms with Crippen LogP contribution < -0.4 is 15.4 Å². The Hall–Kier alpha value is -2.67. The van der Waals surface area contributed by atoms with Crippen molar-refractivity contribution in [3.8, 4) is 11.5 Å². The monoisotopic (exact) mass is 392 g/mol. The first-order valence-electron chi connectivity index (χ1n) is 9.21. The molecule has 0 saturated heterocycles. The first kappa shape index (κ1) is 21.6. The molecule has 0 aromatic heterocycles. The highest BCUT2D eigenvalue weighted by atomic mass is 19.1. The van der Waals surface area contributed by atoms with E-state index in [9.17, 15) is 18.7 Å². The largest absolute Gasteiger partial charge is 0.508 e. The van der Waals surface area contributed by atoms with Crippen molar-refractivity contribution >= 4 is 5.91 Å². The zero-order valence-electron chi connectivity index (χ0n) is 16.1. The van der Waals surface area contributed by atoms with Crippen LogP contribution in [0, 0.1) is 18.6 Å². The van der Waals surface area contributed by atoms with Gasteiger partial charge in [0.2, 0.25) is 5.91 Å². The summed E-state index contributed by atoms with van der Waals surface area (Å²) in [6.45, 7) is 5.34. The SMILES string of the molecule is CC(=O)NCCCNC1CCOc2ccc(O)cc21.Cc1cc(F)cc(F)c1. The van der Waals surface area contributed by atoms with E-state index in [0.29, 0.717) is 18.7 Å². The molecule has 3 rings (SSSR count). The molecule has 0 bridgehead atoms. The van der Waals surface area contributed by atoms with Crippen LogP contribution in [-0.2, 0) is 4.79 Å². The topological polar surface area (TPSA) is 70.6 Å². The van der Waals surface area contributed by atoms with Crippen LogP contribution in [0.15, 0.2) is 36.4 Å². The van der Waals surface area contributed by atoms with E-state index in [1.165, 1.54) is 19.1 Å². The third-order valence-corrected chi connectivity index (χ3v) is 4.16. The summed E-state index contributed by atoms with van der Waals surface area (Å²) in [5, 5.41) is 15.8. The van der Waals surface area contributed by atoms with Gasteiger partial charge in [-0.3, -0.25) is 4.79 Å². The fourth-order valence-electron chi connectivity index (χ4n) is 2.91. The summed E-state index contributed by atoms with van der Waals surface area (Å²) in [7, 11) is 0. The van der Waals surface area contributed by atoms with Crippen LogP contribution in [0.2, 0.25) is 0 Å². The van der Waals surface area contributed by atoms with E-state index < -0.39 is 11.6 Å². The Morgan fingerprint density at radius 1 is 1.18 bits per heavy atom. The van der Waals surface area contributed by atoms with Crippen molar-refractivity contribution in [2.45, 2.75) is 32.7 Å². The molecule has 0 spiro atoms. The number of ether oxygens (including phenoxy) is 1. The molecular weight excluding hydrogens is 366 g/mol. The number of halogens is 2. The van der Waals surface area contributed by atoms with Gasteiger partial charge in [-0.1, -0.05) is 0 Å². The first-order chi connectivity index (χ1) is 13.3. The summed E-state index contributed by atoms with van der Waals surface area (Å²) in [5.74, 6) is 0.0547. The fourth-order valence-corrected chi connectivity index (χ4v) is 2.91. The molecule has 2 aromatic carbocycles. The lowest BCUT2D eigenvalue weighted by Gasteiger charge is -2.27. The second-order valence-corrected chi connectivity index (χ2v) is 6.65. The van der Waals surface area contributed by atoms with Gasteiger partial charge in [0.1, 0.15) is 23.1 Å². The van der Waals surface area contributed by atoms with Crippen molar-refractivity contribution in [1.29, 1.82) is 0 Å². The number of aromatic hydroxyl groups is 1. The van der Waals surface area contributed by atoms with E-state index >= 15 is 0 Å². The minimum absolute atomic E-state index is 0.00124. The van der Waals surface area contributed by atoms with E-state index in [0.717, 1.165) is 36.8 Å². The second-order valence-electron chi connectivity index (χ2n) is 6.65. The Bertz CT molecular complexity index is 749. The van der Waals surface area contributed by atoms with Crippen molar-refractivity contribution in [3.63, 3.8) is 0 Å². The van der Waals surface area contributed by atoms with E-state index in [1.54, 1.807) is 25.1 Å². The van der Waals surface area contributed by atoms with Gasteiger partial charge < -0.3 is 20.5 Å². The molecule has 0 aliphatic carbocycles. The molecule has 28 heavy (non-hydrogen) atoms. The molecule has 0 radical (unpaired) electrons. The maximum Gasteiger partial charge on any atom is 0.216 e. The van der Waals surface area contributed by atoms with Crippen LogP contribution in [0.25, 0.3) is 0 Å². The highest BCUT2D eigenvalue weighted by molar-refractivity contribution is 5.72. The normalized spacial score (nSPS) is 14.9. The van der Waals surface area contributed by atoms with Gasteiger partial charge in [-0.15, -0.1) is 0 Å². The smallest absolute Gasteiger partial charge is 0.216 e. The zero-order chi connectivity index (χ0) is 20.5. The molecule has 152 valence electrons. The predicted molar refractivity (Wildman–Crippen MR) is 103 cm³/mol. The zero-order valence-corrected chi connectivity index (χ0v) is 16.1. The summed E-state index contributed by atoms with van der Waals surface area (Å²) in [5.41, 5.74) is 1.61. The Kier molecular flexibility index (Phi) is 8.19. The third-order valence-electron chi connectivity index (χ3n) is 4.16. The van der Waals surface area contributed by atoms with Gasteiger partial charge in [-0.2, -0.15) is 0 Å². The lowest BCUT2D eigenvalue weighted by Crippen LogP contribution is -2.30. The van der Waals surface area contributed by atoms with Crippen molar-refractivity contribution in [3.05, 3.63) is 59.2 Å². The second kappa shape index (κ2) is 10.6. The van der Waals surface area contributed by atoms with Gasteiger partial charge in [0.25, 0.3) is 0 Å². The molecule has 1 amide bonds. The molecule has 3 N–H and O–H groups in total. The van der Waals surface area contributed by atoms with Gasteiger partial charge in [-0.05, 0) is 55.8 Å². The molecule has 1 aliphatic rings. The number of nitrogens with one attached hydrogen (secondary N) is 2. The lowest BCUT2D eigenvalue weighted by atomic mass is 10.00. The Morgan fingerprint density at radius 2 is 1.89 bits per heavy atom. The number of aryl methyl sites for hydroxylation is 1. The quantitative estimate of drug-likeness (QED) is 0.680. The molecule has 1 heterocycles. The summed E-state index contributed by atoms with van der Waals surface area (Å²) < 4.78 is 29.9. The third kappa shape index (κ3) is 7.15. The van der Waals surface area contributed by atoms with Gasteiger partial charge in [-0.25, -0.2) is 8.78 Å². The van der Waals surface area contributed by atoms with Crippen molar-refractivity contribution in [2.24, 2.45) is 0 Å². The minimum atomic E-state index is -0.521. The number of phenolic OH excluding ortho intramolecular Hbond substituents is 1. The number of fused-ring (bicyclic) bond motifs is 1. The van der Waals surface area contributed by atoms with E-state index in [1.807, 2.05) is 0 Å². The van der Waals surface area contributed by atoms with Crippen LogP contribution in [-0.4, -0.2) is 30.7 Å². The number of benzene rings is 2. The van der Waals surface area contributed by atoms with E-state index in [4.69, 9.17) is 4.74 Å². The van der Waals surface area contributed by atoms with Crippen LogP contribution in [0.1, 0.15) is 36.9 Å². The van der Waals surface area contributed by atoms with Gasteiger partial charge >= 0.3 is 0 Å². The van der Waals surface area contributed by atoms with Gasteiger partial charge in [0.15, 0.2) is 0 Å².